The molecule has 1 fully saturated rings. The number of hydrogen-bond donors (Lipinski definition) is 2. The van der Waals surface area contributed by atoms with E-state index in [1.54, 1.807) is 0 Å². The smallest absolute Gasteiger partial charge is 0.328 e. The molecule has 0 radical (unpaired) electrons. The molecule has 2 aromatic rings. The molecule has 0 aliphatic carbocycles. The maximum atomic E-state index is 12.5. The molecule has 6 nitrogen and oxygen atoms in total. The highest BCUT2D eigenvalue weighted by Gasteiger charge is 2.32. The van der Waals surface area contributed by atoms with E-state index in [9.17, 15) is 14.7 Å². The summed E-state index contributed by atoms with van der Waals surface area (Å²) in [4.78, 5) is 28.3. The topological polar surface area (TPSA) is 82.6 Å². The van der Waals surface area contributed by atoms with Gasteiger partial charge in [0.15, 0.2) is 6.04 Å². The van der Waals surface area contributed by atoms with Crippen LogP contribution in [0.25, 0.3) is 10.9 Å². The lowest BCUT2D eigenvalue weighted by Gasteiger charge is -2.32. The number of aryl methyl sites for hydroxylation is 1. The third-order valence-corrected chi connectivity index (χ3v) is 4.00. The summed E-state index contributed by atoms with van der Waals surface area (Å²) in [6.07, 6.45) is 2.01. The number of benzene rings is 1. The van der Waals surface area contributed by atoms with Gasteiger partial charge in [-0.3, -0.25) is 4.79 Å². The Morgan fingerprint density at radius 1 is 1.45 bits per heavy atom. The zero-order valence-electron chi connectivity index (χ0n) is 12.3. The SMILES string of the molecule is Cc1ccc2c(CC(=O)N3CCOC[C@@H]3C(=O)O)c[nH]c2c1. The third kappa shape index (κ3) is 2.69. The number of rotatable bonds is 3. The number of morpholine rings is 1. The molecule has 1 amide bonds. The zero-order valence-corrected chi connectivity index (χ0v) is 12.3. The predicted octanol–water partition coefficient (Wildman–Crippen LogP) is 1.33. The highest BCUT2D eigenvalue weighted by Crippen LogP contribution is 2.21. The van der Waals surface area contributed by atoms with Crippen LogP contribution in [0, 0.1) is 6.92 Å². The van der Waals surface area contributed by atoms with E-state index in [4.69, 9.17) is 4.74 Å². The van der Waals surface area contributed by atoms with Crippen molar-refractivity contribution >= 4 is 22.8 Å². The Morgan fingerprint density at radius 3 is 3.05 bits per heavy atom. The number of nitrogens with zero attached hydrogens (tertiary/aromatic N) is 1. The van der Waals surface area contributed by atoms with Crippen LogP contribution in [0.1, 0.15) is 11.1 Å². The highest BCUT2D eigenvalue weighted by molar-refractivity contribution is 5.91. The average molecular weight is 302 g/mol. The van der Waals surface area contributed by atoms with Crippen molar-refractivity contribution in [2.45, 2.75) is 19.4 Å². The monoisotopic (exact) mass is 302 g/mol. The number of hydrogen-bond acceptors (Lipinski definition) is 3. The Morgan fingerprint density at radius 2 is 2.27 bits per heavy atom. The summed E-state index contributed by atoms with van der Waals surface area (Å²) in [6, 6.07) is 5.11. The van der Waals surface area contributed by atoms with E-state index in [0.717, 1.165) is 22.0 Å². The lowest BCUT2D eigenvalue weighted by atomic mass is 10.1. The fraction of sp³-hybridized carbons (Fsp3) is 0.375. The van der Waals surface area contributed by atoms with E-state index >= 15 is 0 Å². The van der Waals surface area contributed by atoms with Gasteiger partial charge in [0.2, 0.25) is 5.91 Å². The van der Waals surface area contributed by atoms with Gasteiger partial charge in [0.25, 0.3) is 0 Å². The summed E-state index contributed by atoms with van der Waals surface area (Å²) in [5.74, 6) is -1.21. The Labute approximate surface area is 127 Å². The van der Waals surface area contributed by atoms with Gasteiger partial charge in [-0.1, -0.05) is 12.1 Å². The predicted molar refractivity (Wildman–Crippen MR) is 80.7 cm³/mol. The van der Waals surface area contributed by atoms with Gasteiger partial charge in [-0.2, -0.15) is 0 Å². The van der Waals surface area contributed by atoms with Crippen molar-refractivity contribution in [3.8, 4) is 0 Å². The van der Waals surface area contributed by atoms with Crippen molar-refractivity contribution < 1.29 is 19.4 Å². The lowest BCUT2D eigenvalue weighted by molar-refractivity contribution is -0.157. The van der Waals surface area contributed by atoms with Crippen LogP contribution in [0.4, 0.5) is 0 Å². The second kappa shape index (κ2) is 5.81. The quantitative estimate of drug-likeness (QED) is 0.896. The van der Waals surface area contributed by atoms with Crippen LogP contribution in [0.15, 0.2) is 24.4 Å². The van der Waals surface area contributed by atoms with E-state index in [-0.39, 0.29) is 18.9 Å². The summed E-state index contributed by atoms with van der Waals surface area (Å²) in [5, 5.41) is 10.2. The van der Waals surface area contributed by atoms with Crippen LogP contribution in [0.2, 0.25) is 0 Å². The molecular formula is C16H18N2O4. The number of carbonyl (C=O) groups is 2. The van der Waals surface area contributed by atoms with Gasteiger partial charge in [-0.15, -0.1) is 0 Å². The fourth-order valence-corrected chi connectivity index (χ4v) is 2.82. The molecule has 0 unspecified atom stereocenters. The zero-order chi connectivity index (χ0) is 15.7. The number of fused-ring (bicyclic) bond motifs is 1. The standard InChI is InChI=1S/C16H18N2O4/c1-10-2-3-12-11(8-17-13(12)6-10)7-15(19)18-4-5-22-9-14(18)16(20)21/h2-3,6,8,14,17H,4-5,7,9H2,1H3,(H,20,21)/t14-/m1/s1. The number of aromatic nitrogens is 1. The van der Waals surface area contributed by atoms with E-state index in [0.29, 0.717) is 13.2 Å². The Bertz CT molecular complexity index is 722. The molecule has 0 saturated carbocycles. The van der Waals surface area contributed by atoms with Gasteiger partial charge in [0.1, 0.15) is 0 Å². The molecular weight excluding hydrogens is 284 g/mol. The van der Waals surface area contributed by atoms with E-state index in [1.165, 1.54) is 4.90 Å². The normalized spacial score (nSPS) is 18.6. The fourth-order valence-electron chi connectivity index (χ4n) is 2.82. The number of aliphatic carboxylic acids is 1. The molecule has 1 aliphatic heterocycles. The number of aromatic amines is 1. The maximum absolute atomic E-state index is 12.5. The number of amides is 1. The van der Waals surface area contributed by atoms with Gasteiger partial charge in [0, 0.05) is 23.6 Å². The molecule has 2 N–H and O–H groups in total. The number of nitrogens with one attached hydrogen (secondary N) is 1. The molecule has 0 bridgehead atoms. The first-order valence-corrected chi connectivity index (χ1v) is 7.23. The van der Waals surface area contributed by atoms with Crippen LogP contribution in [0.3, 0.4) is 0 Å². The lowest BCUT2D eigenvalue weighted by Crippen LogP contribution is -2.53. The van der Waals surface area contributed by atoms with Crippen LogP contribution in [0.5, 0.6) is 0 Å². The van der Waals surface area contributed by atoms with Crippen molar-refractivity contribution in [2.75, 3.05) is 19.8 Å². The molecule has 116 valence electrons. The van der Waals surface area contributed by atoms with Crippen molar-refractivity contribution in [3.05, 3.63) is 35.5 Å². The molecule has 3 rings (SSSR count). The first kappa shape index (κ1) is 14.6. The third-order valence-electron chi connectivity index (χ3n) is 4.00. The summed E-state index contributed by atoms with van der Waals surface area (Å²) in [7, 11) is 0. The Kier molecular flexibility index (Phi) is 3.85. The molecule has 1 atom stereocenters. The van der Waals surface area contributed by atoms with Gasteiger partial charge in [-0.05, 0) is 24.1 Å². The molecule has 1 aliphatic rings. The van der Waals surface area contributed by atoms with E-state index < -0.39 is 12.0 Å². The number of carboxylic acids is 1. The molecule has 1 aromatic heterocycles. The Balaban J connectivity index is 1.81. The van der Waals surface area contributed by atoms with Gasteiger partial charge >= 0.3 is 5.97 Å². The summed E-state index contributed by atoms with van der Waals surface area (Å²) < 4.78 is 5.16. The van der Waals surface area contributed by atoms with Crippen LogP contribution >= 0.6 is 0 Å². The molecule has 0 spiro atoms. The first-order valence-electron chi connectivity index (χ1n) is 7.23. The number of ether oxygens (including phenoxy) is 1. The van der Waals surface area contributed by atoms with Gasteiger partial charge in [-0.25, -0.2) is 4.79 Å². The van der Waals surface area contributed by atoms with E-state index in [1.807, 2.05) is 31.3 Å². The number of carbonyl (C=O) groups excluding carboxylic acids is 1. The second-order valence-electron chi connectivity index (χ2n) is 5.56. The van der Waals surface area contributed by atoms with E-state index in [2.05, 4.69) is 4.98 Å². The average Bonchev–Trinajstić information content (AvgIpc) is 2.89. The summed E-state index contributed by atoms with van der Waals surface area (Å²) in [5.41, 5.74) is 3.02. The maximum Gasteiger partial charge on any atom is 0.328 e. The first-order chi connectivity index (χ1) is 10.6. The molecule has 1 saturated heterocycles. The van der Waals surface area contributed by atoms with Crippen molar-refractivity contribution in [1.29, 1.82) is 0 Å². The van der Waals surface area contributed by atoms with Crippen LogP contribution < -0.4 is 0 Å². The minimum atomic E-state index is -1.03. The van der Waals surface area contributed by atoms with Crippen molar-refractivity contribution in [2.24, 2.45) is 0 Å². The number of H-pyrrole nitrogens is 1. The molecule has 6 heteroatoms. The highest BCUT2D eigenvalue weighted by atomic mass is 16.5. The second-order valence-corrected chi connectivity index (χ2v) is 5.56. The van der Waals surface area contributed by atoms with Crippen LogP contribution in [-0.2, 0) is 20.7 Å². The van der Waals surface area contributed by atoms with Crippen LogP contribution in [-0.4, -0.2) is 52.7 Å². The van der Waals surface area contributed by atoms with Crippen molar-refractivity contribution in [1.82, 2.24) is 9.88 Å². The minimum Gasteiger partial charge on any atom is -0.480 e. The summed E-state index contributed by atoms with van der Waals surface area (Å²) in [6.45, 7) is 2.75. The largest absolute Gasteiger partial charge is 0.480 e. The summed E-state index contributed by atoms with van der Waals surface area (Å²) >= 11 is 0. The number of carboxylic acid groups (broad SMARTS) is 1. The van der Waals surface area contributed by atoms with Gasteiger partial charge in [0.05, 0.1) is 19.6 Å². The van der Waals surface area contributed by atoms with Gasteiger partial charge < -0.3 is 19.7 Å². The Hall–Kier alpha value is -2.34. The van der Waals surface area contributed by atoms with Crippen molar-refractivity contribution in [3.63, 3.8) is 0 Å². The minimum absolute atomic E-state index is 0.0498. The molecule has 22 heavy (non-hydrogen) atoms. The molecule has 1 aromatic carbocycles. The molecule has 2 heterocycles.